The van der Waals surface area contributed by atoms with Crippen LogP contribution in [0.25, 0.3) is 0 Å². The molecule has 0 bridgehead atoms. The maximum absolute atomic E-state index is 13.4. The number of benzene rings is 1. The summed E-state index contributed by atoms with van der Waals surface area (Å²) in [6.45, 7) is 11.1. The number of methoxy groups -OCH3 is 1. The number of nitrogens with zero attached hydrogens (tertiary/aromatic N) is 3. The highest BCUT2D eigenvalue weighted by Crippen LogP contribution is 2.34. The fourth-order valence-corrected chi connectivity index (χ4v) is 3.93. The van der Waals surface area contributed by atoms with Gasteiger partial charge < -0.3 is 18.8 Å². The number of ether oxygens (including phenoxy) is 3. The van der Waals surface area contributed by atoms with Crippen LogP contribution in [0.2, 0.25) is 0 Å². The monoisotopic (exact) mass is 511 g/mol. The Morgan fingerprint density at radius 3 is 2.17 bits per heavy atom. The van der Waals surface area contributed by atoms with E-state index in [4.69, 9.17) is 19.0 Å². The number of carbonyl (C=O) groups is 3. The van der Waals surface area contributed by atoms with Crippen LogP contribution in [0.3, 0.4) is 0 Å². The topological polar surface area (TPSA) is 130 Å². The first-order valence-corrected chi connectivity index (χ1v) is 12.3. The zero-order valence-corrected chi connectivity index (χ0v) is 22.6. The maximum atomic E-state index is 13.4. The molecule has 0 saturated heterocycles. The van der Waals surface area contributed by atoms with Gasteiger partial charge in [0.15, 0.2) is 10.6 Å². The van der Waals surface area contributed by atoms with E-state index in [1.165, 1.54) is 27.3 Å². The minimum absolute atomic E-state index is 0.0751. The molecule has 0 aliphatic carbocycles. The standard InChI is InChI=1S/C23H33N3O8S/c1-21(2,3)32-19(28)26(34-20(29)33-22(4,5)6)23(7)17(24-25(8)18(23)27)14-11-12-16(35(10)30)15(13-14)31-9/h11-13H,1-10H3. The lowest BCUT2D eigenvalue weighted by molar-refractivity contribution is -0.176. The molecule has 0 N–H and O–H groups in total. The Bertz CT molecular complexity index is 1030. The predicted molar refractivity (Wildman–Crippen MR) is 128 cm³/mol. The number of hydrogen-bond donors (Lipinski definition) is 0. The van der Waals surface area contributed by atoms with Crippen molar-refractivity contribution in [2.24, 2.45) is 5.10 Å². The Kier molecular flexibility index (Phi) is 8.02. The Labute approximate surface area is 208 Å². The molecule has 0 radical (unpaired) electrons. The highest BCUT2D eigenvalue weighted by atomic mass is 32.2. The van der Waals surface area contributed by atoms with Crippen molar-refractivity contribution < 1.29 is 38.0 Å². The molecule has 12 heteroatoms. The summed E-state index contributed by atoms with van der Waals surface area (Å²) in [5, 5.41) is 5.88. The first kappa shape index (κ1) is 28.2. The number of hydrazone groups is 1. The second-order valence-electron chi connectivity index (χ2n) is 10.00. The first-order chi connectivity index (χ1) is 15.9. The summed E-state index contributed by atoms with van der Waals surface area (Å²) in [6.07, 6.45) is -0.800. The molecule has 1 aromatic carbocycles. The molecule has 35 heavy (non-hydrogen) atoms. The molecule has 11 nitrogen and oxygen atoms in total. The van der Waals surface area contributed by atoms with Gasteiger partial charge in [0.1, 0.15) is 23.2 Å². The zero-order valence-electron chi connectivity index (χ0n) is 21.7. The van der Waals surface area contributed by atoms with Gasteiger partial charge in [-0.15, -0.1) is 5.06 Å². The van der Waals surface area contributed by atoms with E-state index in [9.17, 15) is 18.9 Å². The second-order valence-corrected chi connectivity index (χ2v) is 11.3. The van der Waals surface area contributed by atoms with Crippen molar-refractivity contribution in [3.05, 3.63) is 23.8 Å². The van der Waals surface area contributed by atoms with Gasteiger partial charge in [-0.25, -0.2) is 14.6 Å². The molecule has 2 rings (SSSR count). The predicted octanol–water partition coefficient (Wildman–Crippen LogP) is 3.47. The summed E-state index contributed by atoms with van der Waals surface area (Å²) < 4.78 is 28.1. The fourth-order valence-electron chi connectivity index (χ4n) is 3.24. The van der Waals surface area contributed by atoms with E-state index in [-0.39, 0.29) is 5.71 Å². The number of carbonyl (C=O) groups excluding carboxylic acids is 3. The highest BCUT2D eigenvalue weighted by molar-refractivity contribution is 7.90. The molecular weight excluding hydrogens is 478 g/mol. The van der Waals surface area contributed by atoms with Gasteiger partial charge in [-0.3, -0.25) is 9.63 Å². The van der Waals surface area contributed by atoms with Crippen molar-refractivity contribution >= 4 is 35.0 Å². The van der Waals surface area contributed by atoms with Gasteiger partial charge in [0.25, 0.3) is 5.91 Å². The van der Waals surface area contributed by atoms with E-state index in [1.54, 1.807) is 59.7 Å². The minimum atomic E-state index is -1.92. The van der Waals surface area contributed by atoms with Crippen molar-refractivity contribution in [1.29, 1.82) is 0 Å². The van der Waals surface area contributed by atoms with Crippen LogP contribution in [0.5, 0.6) is 5.75 Å². The van der Waals surface area contributed by atoms with E-state index in [0.29, 0.717) is 21.3 Å². The van der Waals surface area contributed by atoms with Crippen LogP contribution in [0.1, 0.15) is 54.0 Å². The lowest BCUT2D eigenvalue weighted by Crippen LogP contribution is -2.61. The van der Waals surface area contributed by atoms with Crippen LogP contribution in [-0.2, 0) is 30.3 Å². The van der Waals surface area contributed by atoms with Gasteiger partial charge in [-0.1, -0.05) is 0 Å². The van der Waals surface area contributed by atoms with Crippen LogP contribution >= 0.6 is 0 Å². The third kappa shape index (κ3) is 6.37. The number of likely N-dealkylation sites (N-methyl/N-ethyl adjacent to an activating group) is 1. The second kappa shape index (κ2) is 9.94. The Morgan fingerprint density at radius 1 is 1.11 bits per heavy atom. The molecule has 1 heterocycles. The van der Waals surface area contributed by atoms with E-state index >= 15 is 0 Å². The van der Waals surface area contributed by atoms with E-state index in [2.05, 4.69) is 5.10 Å². The van der Waals surface area contributed by atoms with E-state index < -0.39 is 46.1 Å². The lowest BCUT2D eigenvalue weighted by atomic mass is 9.90. The third-order valence-corrected chi connectivity index (χ3v) is 5.65. The summed E-state index contributed by atoms with van der Waals surface area (Å²) >= 11 is -1.34. The Balaban J connectivity index is 2.64. The largest absolute Gasteiger partial charge is 0.612 e. The SMILES string of the molecule is COc1cc(C2=NN(C)C(=O)C2(C)N(OC(=O)OC(C)(C)C)C(=O)OC(C)(C)C)ccc1[S+](C)[O-]. The molecule has 2 atom stereocenters. The maximum Gasteiger partial charge on any atom is 0.534 e. The van der Waals surface area contributed by atoms with Crippen molar-refractivity contribution in [2.75, 3.05) is 20.4 Å². The number of hydrogen-bond acceptors (Lipinski definition) is 9. The van der Waals surface area contributed by atoms with E-state index in [1.807, 2.05) is 0 Å². The van der Waals surface area contributed by atoms with Gasteiger partial charge in [0.2, 0.25) is 5.54 Å². The Hall–Kier alpha value is -2.99. The van der Waals surface area contributed by atoms with Gasteiger partial charge in [0.05, 0.1) is 7.11 Å². The van der Waals surface area contributed by atoms with Gasteiger partial charge >= 0.3 is 12.2 Å². The average molecular weight is 512 g/mol. The van der Waals surface area contributed by atoms with Crippen molar-refractivity contribution in [2.45, 2.75) is 70.1 Å². The van der Waals surface area contributed by atoms with E-state index in [0.717, 1.165) is 5.01 Å². The molecule has 0 saturated carbocycles. The zero-order chi connectivity index (χ0) is 26.9. The molecule has 194 valence electrons. The molecule has 1 aromatic rings. The number of amides is 2. The first-order valence-electron chi connectivity index (χ1n) is 10.7. The normalized spacial score (nSPS) is 19.1. The van der Waals surface area contributed by atoms with Crippen LogP contribution in [0, 0.1) is 0 Å². The summed E-state index contributed by atoms with van der Waals surface area (Å²) in [4.78, 5) is 44.9. The molecule has 1 aliphatic rings. The number of rotatable bonds is 4. The highest BCUT2D eigenvalue weighted by Gasteiger charge is 2.57. The molecule has 0 fully saturated rings. The van der Waals surface area contributed by atoms with Gasteiger partial charge in [-0.05, 0) is 77.8 Å². The van der Waals surface area contributed by atoms with Crippen LogP contribution < -0.4 is 4.74 Å². The summed E-state index contributed by atoms with van der Waals surface area (Å²) in [5.74, 6) is -0.365. The van der Waals surface area contributed by atoms with Crippen molar-refractivity contribution in [3.8, 4) is 5.75 Å². The third-order valence-electron chi connectivity index (χ3n) is 4.69. The van der Waals surface area contributed by atoms with Crippen LogP contribution in [-0.4, -0.2) is 75.6 Å². The van der Waals surface area contributed by atoms with Gasteiger partial charge in [-0.2, -0.15) is 5.10 Å². The molecule has 2 unspecified atom stereocenters. The minimum Gasteiger partial charge on any atom is -0.612 e. The quantitative estimate of drug-likeness (QED) is 0.341. The summed E-state index contributed by atoms with van der Waals surface area (Å²) in [7, 11) is 2.82. The van der Waals surface area contributed by atoms with Gasteiger partial charge in [0, 0.05) is 12.6 Å². The fraction of sp³-hybridized carbons (Fsp3) is 0.565. The van der Waals surface area contributed by atoms with Crippen LogP contribution in [0.4, 0.5) is 9.59 Å². The molecule has 1 aliphatic heterocycles. The molecule has 0 spiro atoms. The lowest BCUT2D eigenvalue weighted by Gasteiger charge is -2.36. The van der Waals surface area contributed by atoms with Crippen LogP contribution in [0.15, 0.2) is 28.2 Å². The number of hydroxylamine groups is 2. The molecule has 2 amide bonds. The van der Waals surface area contributed by atoms with Crippen molar-refractivity contribution in [1.82, 2.24) is 10.1 Å². The average Bonchev–Trinajstić information content (AvgIpc) is 2.93. The molecular formula is C23H33N3O8S. The summed E-state index contributed by atoms with van der Waals surface area (Å²) in [5.41, 5.74) is -3.37. The smallest absolute Gasteiger partial charge is 0.534 e. The summed E-state index contributed by atoms with van der Waals surface area (Å²) in [6, 6.07) is 4.70. The Morgan fingerprint density at radius 2 is 1.69 bits per heavy atom. The molecule has 0 aromatic heterocycles. The van der Waals surface area contributed by atoms with Crippen molar-refractivity contribution in [3.63, 3.8) is 0 Å².